The van der Waals surface area contributed by atoms with E-state index in [-0.39, 0.29) is 11.9 Å². The smallest absolute Gasteiger partial charge is 0.126 e. The summed E-state index contributed by atoms with van der Waals surface area (Å²) in [4.78, 5) is 4.78. The number of hydrogen-bond donors (Lipinski definition) is 1. The summed E-state index contributed by atoms with van der Waals surface area (Å²) in [6, 6.07) is 15.4. The van der Waals surface area contributed by atoms with Crippen molar-refractivity contribution in [2.24, 2.45) is 4.99 Å². The number of aliphatic imine (C=N–C) groups is 1. The monoisotopic (exact) mass is 448 g/mol. The maximum absolute atomic E-state index is 13.7. The van der Waals surface area contributed by atoms with E-state index in [1.807, 2.05) is 44.2 Å². The minimum Gasteiger partial charge on any atom is -0.381 e. The first-order chi connectivity index (χ1) is 15.8. The predicted molar refractivity (Wildman–Crippen MR) is 138 cm³/mol. The van der Waals surface area contributed by atoms with E-state index >= 15 is 0 Å². The van der Waals surface area contributed by atoms with Crippen molar-refractivity contribution in [2.75, 3.05) is 0 Å². The Morgan fingerprint density at radius 3 is 2.52 bits per heavy atom. The van der Waals surface area contributed by atoms with E-state index in [9.17, 15) is 4.39 Å². The number of aryl methyl sites for hydroxylation is 1. The normalized spacial score (nSPS) is 13.0. The molecule has 0 aliphatic rings. The molecule has 0 fully saturated rings. The van der Waals surface area contributed by atoms with Crippen LogP contribution in [-0.2, 0) is 17.9 Å². The van der Waals surface area contributed by atoms with Gasteiger partial charge in [-0.05, 0) is 61.6 Å². The summed E-state index contributed by atoms with van der Waals surface area (Å²) in [7, 11) is 0. The van der Waals surface area contributed by atoms with Crippen molar-refractivity contribution in [2.45, 2.75) is 66.2 Å². The molecule has 0 amide bonds. The van der Waals surface area contributed by atoms with Gasteiger partial charge in [0.2, 0.25) is 0 Å². The molecule has 0 radical (unpaired) electrons. The highest BCUT2D eigenvalue weighted by atomic mass is 19.1. The van der Waals surface area contributed by atoms with Crippen LogP contribution in [0.4, 0.5) is 4.39 Å². The van der Waals surface area contributed by atoms with E-state index < -0.39 is 0 Å². The van der Waals surface area contributed by atoms with Crippen LogP contribution in [0.1, 0.15) is 56.7 Å². The van der Waals surface area contributed by atoms with Gasteiger partial charge in [-0.25, -0.2) is 4.39 Å². The molecule has 4 heteroatoms. The van der Waals surface area contributed by atoms with Gasteiger partial charge in [0, 0.05) is 23.7 Å². The van der Waals surface area contributed by atoms with Crippen molar-refractivity contribution < 1.29 is 9.13 Å². The van der Waals surface area contributed by atoms with Crippen LogP contribution in [0, 0.1) is 12.7 Å². The van der Waals surface area contributed by atoms with Crippen molar-refractivity contribution in [1.29, 1.82) is 0 Å². The van der Waals surface area contributed by atoms with Gasteiger partial charge in [-0.2, -0.15) is 0 Å². The lowest BCUT2D eigenvalue weighted by molar-refractivity contribution is 0.0771. The molecule has 176 valence electrons. The van der Waals surface area contributed by atoms with Crippen molar-refractivity contribution in [3.05, 3.63) is 107 Å². The fourth-order valence-corrected chi connectivity index (χ4v) is 3.36. The molecule has 1 atom stereocenters. The van der Waals surface area contributed by atoms with Crippen molar-refractivity contribution in [1.82, 2.24) is 5.32 Å². The van der Waals surface area contributed by atoms with Gasteiger partial charge in [-0.1, -0.05) is 75.4 Å². The second kappa shape index (κ2) is 13.5. The first kappa shape index (κ1) is 26.3. The average molecular weight is 449 g/mol. The Kier molecular flexibility index (Phi) is 10.8. The zero-order valence-corrected chi connectivity index (χ0v) is 20.5. The Balaban J connectivity index is 1.97. The third-order valence-corrected chi connectivity index (χ3v) is 5.45. The van der Waals surface area contributed by atoms with Crippen LogP contribution < -0.4 is 5.32 Å². The molecule has 2 aromatic carbocycles. The highest BCUT2D eigenvalue weighted by molar-refractivity contribution is 5.87. The predicted octanol–water partition coefficient (Wildman–Crippen LogP) is 7.43. The van der Waals surface area contributed by atoms with Gasteiger partial charge in [0.15, 0.2) is 0 Å². The van der Waals surface area contributed by atoms with E-state index in [1.54, 1.807) is 19.1 Å². The Hall–Kier alpha value is -2.98. The second-order valence-electron chi connectivity index (χ2n) is 8.41. The van der Waals surface area contributed by atoms with Crippen LogP contribution in [0.15, 0.2) is 89.7 Å². The molecule has 2 rings (SSSR count). The summed E-state index contributed by atoms with van der Waals surface area (Å²) in [6.45, 7) is 17.1. The zero-order valence-electron chi connectivity index (χ0n) is 20.5. The van der Waals surface area contributed by atoms with Crippen LogP contribution in [0.5, 0.6) is 0 Å². The van der Waals surface area contributed by atoms with Crippen LogP contribution in [0.2, 0.25) is 0 Å². The van der Waals surface area contributed by atoms with E-state index in [4.69, 9.17) is 9.73 Å². The van der Waals surface area contributed by atoms with E-state index in [0.29, 0.717) is 24.4 Å². The molecule has 2 aromatic rings. The molecule has 1 unspecified atom stereocenters. The standard InChI is InChI=1S/C29H37FN2O/c1-7-8-14-29(33-20-26-12-10-9-11-13-26)25(6)32-23(4)17-22(3)24(5)31-19-27-16-15-21(2)28(30)18-27/h9-13,15-18,29,31H,3,5,7-8,14,19-20H2,1-2,4,6H3/b23-17-,32-25?. The molecule has 0 aliphatic carbocycles. The molecule has 0 saturated carbocycles. The van der Waals surface area contributed by atoms with Crippen LogP contribution in [0.25, 0.3) is 0 Å². The number of hydrogen-bond acceptors (Lipinski definition) is 3. The van der Waals surface area contributed by atoms with Gasteiger partial charge in [-0.15, -0.1) is 0 Å². The number of benzene rings is 2. The molecular formula is C29H37FN2O. The molecule has 33 heavy (non-hydrogen) atoms. The molecule has 0 aliphatic heterocycles. The van der Waals surface area contributed by atoms with E-state index in [1.165, 1.54) is 0 Å². The molecule has 3 nitrogen and oxygen atoms in total. The number of nitrogens with one attached hydrogen (secondary N) is 1. The van der Waals surface area contributed by atoms with Crippen LogP contribution in [0.3, 0.4) is 0 Å². The fourth-order valence-electron chi connectivity index (χ4n) is 3.36. The molecule has 0 spiro atoms. The molecule has 1 N–H and O–H groups in total. The Morgan fingerprint density at radius 1 is 1.12 bits per heavy atom. The van der Waals surface area contributed by atoms with Gasteiger partial charge in [0.05, 0.1) is 12.7 Å². The van der Waals surface area contributed by atoms with Crippen molar-refractivity contribution in [3.63, 3.8) is 0 Å². The minimum absolute atomic E-state index is 0.0282. The quantitative estimate of drug-likeness (QED) is 0.255. The fraction of sp³-hybridized carbons (Fsp3) is 0.345. The highest BCUT2D eigenvalue weighted by Gasteiger charge is 2.13. The van der Waals surface area contributed by atoms with Gasteiger partial charge in [0.25, 0.3) is 0 Å². The van der Waals surface area contributed by atoms with Crippen molar-refractivity contribution in [3.8, 4) is 0 Å². The third kappa shape index (κ3) is 9.19. The van der Waals surface area contributed by atoms with Crippen LogP contribution in [-0.4, -0.2) is 11.8 Å². The Bertz CT molecular complexity index is 992. The van der Waals surface area contributed by atoms with Gasteiger partial charge in [-0.3, -0.25) is 4.99 Å². The summed E-state index contributed by atoms with van der Waals surface area (Å²) in [6.07, 6.45) is 5.01. The van der Waals surface area contributed by atoms with Crippen molar-refractivity contribution >= 4 is 5.71 Å². The molecule has 0 saturated heterocycles. The maximum Gasteiger partial charge on any atom is 0.126 e. The Labute approximate surface area is 198 Å². The SMILES string of the molecule is C=C(/C=C(/C)N=C(C)C(CCCC)OCc1ccccc1)C(=C)NCc1ccc(C)c(F)c1. The number of ether oxygens (including phenoxy) is 1. The molecular weight excluding hydrogens is 411 g/mol. The lowest BCUT2D eigenvalue weighted by Crippen LogP contribution is -2.22. The summed E-state index contributed by atoms with van der Waals surface area (Å²) in [5.74, 6) is -0.202. The highest BCUT2D eigenvalue weighted by Crippen LogP contribution is 2.15. The first-order valence-corrected chi connectivity index (χ1v) is 11.6. The lowest BCUT2D eigenvalue weighted by atomic mass is 10.1. The first-order valence-electron chi connectivity index (χ1n) is 11.6. The summed E-state index contributed by atoms with van der Waals surface area (Å²) in [5.41, 5.74) is 5.87. The molecule has 0 aromatic heterocycles. The van der Waals surface area contributed by atoms with Gasteiger partial charge in [0.1, 0.15) is 5.82 Å². The van der Waals surface area contributed by atoms with E-state index in [2.05, 4.69) is 37.5 Å². The Morgan fingerprint density at radius 2 is 1.85 bits per heavy atom. The molecule has 0 bridgehead atoms. The summed E-state index contributed by atoms with van der Waals surface area (Å²) < 4.78 is 20.0. The number of unbranched alkanes of at least 4 members (excludes halogenated alkanes) is 1. The number of nitrogens with zero attached hydrogens (tertiary/aromatic N) is 1. The number of halogens is 1. The zero-order chi connectivity index (χ0) is 24.2. The van der Waals surface area contributed by atoms with E-state index in [0.717, 1.165) is 47.4 Å². The van der Waals surface area contributed by atoms with Crippen LogP contribution >= 0.6 is 0 Å². The van der Waals surface area contributed by atoms with Gasteiger partial charge >= 0.3 is 0 Å². The summed E-state index contributed by atoms with van der Waals surface area (Å²) >= 11 is 0. The molecule has 0 heterocycles. The minimum atomic E-state index is -0.202. The number of rotatable bonds is 13. The second-order valence-corrected chi connectivity index (χ2v) is 8.41. The summed E-state index contributed by atoms with van der Waals surface area (Å²) in [5, 5.41) is 3.21. The largest absolute Gasteiger partial charge is 0.381 e. The van der Waals surface area contributed by atoms with Gasteiger partial charge < -0.3 is 10.1 Å². The average Bonchev–Trinajstić information content (AvgIpc) is 2.80. The topological polar surface area (TPSA) is 33.6 Å². The number of allylic oxidation sites excluding steroid dienone is 2. The third-order valence-electron chi connectivity index (χ3n) is 5.45. The maximum atomic E-state index is 13.7. The lowest BCUT2D eigenvalue weighted by Gasteiger charge is -2.18.